The summed E-state index contributed by atoms with van der Waals surface area (Å²) >= 11 is 0.907. The average Bonchev–Trinajstić information content (AvgIpc) is 2.77. The second kappa shape index (κ2) is 6.87. The van der Waals surface area contributed by atoms with Crippen LogP contribution in [0.5, 0.6) is 0 Å². The third-order valence-corrected chi connectivity index (χ3v) is 5.94. The monoisotopic (exact) mass is 335 g/mol. The van der Waals surface area contributed by atoms with Gasteiger partial charge < -0.3 is 10.2 Å². The van der Waals surface area contributed by atoms with E-state index in [-0.39, 0.29) is 28.3 Å². The van der Waals surface area contributed by atoms with Crippen LogP contribution in [0, 0.1) is 12.3 Å². The lowest BCUT2D eigenvalue weighted by Crippen LogP contribution is -2.34. The number of aliphatic hydroxyl groups is 1. The molecule has 1 aromatic heterocycles. The van der Waals surface area contributed by atoms with Gasteiger partial charge in [-0.1, -0.05) is 13.8 Å². The van der Waals surface area contributed by atoms with Crippen molar-refractivity contribution in [2.75, 3.05) is 13.2 Å². The maximum atomic E-state index is 12.3. The second-order valence-electron chi connectivity index (χ2n) is 5.70. The molecule has 6 nitrogen and oxygen atoms in total. The number of hydrogen-bond donors (Lipinski definition) is 3. The van der Waals surface area contributed by atoms with Gasteiger partial charge >= 0.3 is 5.97 Å². The van der Waals surface area contributed by atoms with Gasteiger partial charge in [0.05, 0.1) is 0 Å². The Labute approximate surface area is 128 Å². The molecular formula is C13H21NO5S2. The van der Waals surface area contributed by atoms with Crippen LogP contribution in [-0.2, 0) is 10.0 Å². The lowest BCUT2D eigenvalue weighted by molar-refractivity contribution is 0.0698. The van der Waals surface area contributed by atoms with Gasteiger partial charge in [0.2, 0.25) is 10.0 Å². The van der Waals surface area contributed by atoms with Gasteiger partial charge in [-0.25, -0.2) is 17.9 Å². The van der Waals surface area contributed by atoms with Gasteiger partial charge in [-0.05, 0) is 36.1 Å². The van der Waals surface area contributed by atoms with Crippen molar-refractivity contribution in [1.29, 1.82) is 0 Å². The highest BCUT2D eigenvalue weighted by Gasteiger charge is 2.28. The number of aromatic carboxylic acids is 1. The largest absolute Gasteiger partial charge is 0.477 e. The molecule has 0 spiro atoms. The Morgan fingerprint density at radius 3 is 2.57 bits per heavy atom. The van der Waals surface area contributed by atoms with E-state index in [4.69, 9.17) is 10.2 Å². The zero-order valence-corrected chi connectivity index (χ0v) is 14.0. The molecule has 3 N–H and O–H groups in total. The van der Waals surface area contributed by atoms with Crippen LogP contribution in [0.3, 0.4) is 0 Å². The summed E-state index contributed by atoms with van der Waals surface area (Å²) in [6.45, 7) is 5.61. The minimum Gasteiger partial charge on any atom is -0.477 e. The molecule has 0 bridgehead atoms. The van der Waals surface area contributed by atoms with Crippen molar-refractivity contribution < 1.29 is 23.4 Å². The third kappa shape index (κ3) is 4.77. The first-order valence-corrected chi connectivity index (χ1v) is 8.89. The molecule has 0 atom stereocenters. The molecule has 0 aromatic carbocycles. The van der Waals surface area contributed by atoms with E-state index >= 15 is 0 Å². The van der Waals surface area contributed by atoms with Crippen LogP contribution in [-0.4, -0.2) is 37.8 Å². The second-order valence-corrected chi connectivity index (χ2v) is 8.28. The molecule has 0 aliphatic heterocycles. The number of carboxylic acid groups (broad SMARTS) is 1. The van der Waals surface area contributed by atoms with Crippen LogP contribution in [0.25, 0.3) is 0 Å². The van der Waals surface area contributed by atoms with E-state index in [1.54, 1.807) is 6.92 Å². The number of thiophene rings is 1. The molecule has 1 aromatic rings. The van der Waals surface area contributed by atoms with Crippen molar-refractivity contribution in [2.45, 2.75) is 38.5 Å². The summed E-state index contributed by atoms with van der Waals surface area (Å²) in [5.41, 5.74) is 0.112. The number of aliphatic hydroxyl groups excluding tert-OH is 1. The first-order valence-electron chi connectivity index (χ1n) is 6.52. The smallest absolute Gasteiger partial charge is 0.347 e. The molecule has 0 saturated heterocycles. The Morgan fingerprint density at radius 2 is 2.05 bits per heavy atom. The van der Waals surface area contributed by atoms with Crippen LogP contribution in [0.1, 0.15) is 41.9 Å². The summed E-state index contributed by atoms with van der Waals surface area (Å²) in [7, 11) is -3.86. The highest BCUT2D eigenvalue weighted by atomic mass is 32.2. The summed E-state index contributed by atoms with van der Waals surface area (Å²) in [4.78, 5) is 10.8. The summed E-state index contributed by atoms with van der Waals surface area (Å²) in [6.07, 6.45) is 1.26. The van der Waals surface area contributed by atoms with Crippen LogP contribution >= 0.6 is 11.3 Å². The van der Waals surface area contributed by atoms with Crippen LogP contribution in [0.4, 0.5) is 0 Å². The van der Waals surface area contributed by atoms with Gasteiger partial charge in [-0.15, -0.1) is 11.3 Å². The van der Waals surface area contributed by atoms with Crippen LogP contribution in [0.15, 0.2) is 10.3 Å². The Hall–Kier alpha value is -0.960. The molecule has 21 heavy (non-hydrogen) atoms. The summed E-state index contributed by atoms with van der Waals surface area (Å²) < 4.78 is 27.2. The van der Waals surface area contributed by atoms with Gasteiger partial charge in [-0.3, -0.25) is 0 Å². The number of hydrogen-bond acceptors (Lipinski definition) is 5. The Kier molecular flexibility index (Phi) is 5.92. The van der Waals surface area contributed by atoms with Crippen molar-refractivity contribution in [1.82, 2.24) is 4.72 Å². The molecule has 0 radical (unpaired) electrons. The van der Waals surface area contributed by atoms with Crippen molar-refractivity contribution in [3.05, 3.63) is 15.8 Å². The normalized spacial score (nSPS) is 12.6. The first-order chi connectivity index (χ1) is 9.60. The third-order valence-electron chi connectivity index (χ3n) is 3.13. The Balaban J connectivity index is 2.93. The minimum absolute atomic E-state index is 0.0585. The van der Waals surface area contributed by atoms with E-state index in [0.29, 0.717) is 18.4 Å². The zero-order valence-electron chi connectivity index (χ0n) is 12.3. The number of carbonyl (C=O) groups is 1. The molecule has 0 fully saturated rings. The van der Waals surface area contributed by atoms with Crippen molar-refractivity contribution in [3.63, 3.8) is 0 Å². The number of rotatable bonds is 8. The van der Waals surface area contributed by atoms with Gasteiger partial charge in [0.15, 0.2) is 0 Å². The van der Waals surface area contributed by atoms with Gasteiger partial charge in [0.1, 0.15) is 9.77 Å². The first kappa shape index (κ1) is 18.1. The minimum atomic E-state index is -3.86. The van der Waals surface area contributed by atoms with E-state index < -0.39 is 16.0 Å². The molecule has 120 valence electrons. The number of carboxylic acids is 1. The van der Waals surface area contributed by atoms with Gasteiger partial charge in [-0.2, -0.15) is 0 Å². The molecule has 0 unspecified atom stereocenters. The predicted molar refractivity (Wildman–Crippen MR) is 81.3 cm³/mol. The van der Waals surface area contributed by atoms with Gasteiger partial charge in [0, 0.05) is 13.2 Å². The van der Waals surface area contributed by atoms with E-state index in [9.17, 15) is 13.2 Å². The number of sulfonamides is 1. The fraction of sp³-hybridized carbons (Fsp3) is 0.615. The van der Waals surface area contributed by atoms with Crippen molar-refractivity contribution in [2.24, 2.45) is 5.41 Å². The summed E-state index contributed by atoms with van der Waals surface area (Å²) in [5, 5.41) is 19.4. The number of nitrogens with one attached hydrogen (secondary N) is 1. The topological polar surface area (TPSA) is 104 Å². The molecule has 0 aliphatic rings. The molecule has 0 amide bonds. The number of aryl methyl sites for hydroxylation is 1. The quantitative estimate of drug-likeness (QED) is 0.672. The molecule has 8 heteroatoms. The maximum absolute atomic E-state index is 12.3. The SMILES string of the molecule is Cc1csc(C(=O)O)c1S(=O)(=O)NCC(C)(C)CCCO. The summed E-state index contributed by atoms with van der Waals surface area (Å²) in [5.74, 6) is -1.24. The lowest BCUT2D eigenvalue weighted by atomic mass is 9.88. The predicted octanol–water partition coefficient (Wildman–Crippen LogP) is 1.83. The van der Waals surface area contributed by atoms with Crippen molar-refractivity contribution >= 4 is 27.3 Å². The standard InChI is InChI=1S/C13H21NO5S2/c1-9-7-20-10(12(16)17)11(9)21(18,19)14-8-13(2,3)5-4-6-15/h7,14-15H,4-6,8H2,1-3H3,(H,16,17). The highest BCUT2D eigenvalue weighted by molar-refractivity contribution is 7.89. The zero-order chi connectivity index (χ0) is 16.3. The fourth-order valence-electron chi connectivity index (χ4n) is 1.92. The maximum Gasteiger partial charge on any atom is 0.347 e. The van der Waals surface area contributed by atoms with Crippen LogP contribution < -0.4 is 4.72 Å². The lowest BCUT2D eigenvalue weighted by Gasteiger charge is -2.24. The highest BCUT2D eigenvalue weighted by Crippen LogP contribution is 2.28. The Bertz CT molecular complexity index is 604. The van der Waals surface area contributed by atoms with E-state index in [1.165, 1.54) is 5.38 Å². The van der Waals surface area contributed by atoms with Gasteiger partial charge in [0.25, 0.3) is 0 Å². The molecule has 0 saturated carbocycles. The van der Waals surface area contributed by atoms with E-state index in [1.807, 2.05) is 13.8 Å². The van der Waals surface area contributed by atoms with Crippen molar-refractivity contribution in [3.8, 4) is 0 Å². The Morgan fingerprint density at radius 1 is 1.43 bits per heavy atom. The molecule has 1 rings (SSSR count). The molecule has 1 heterocycles. The van der Waals surface area contributed by atoms with Crippen LogP contribution in [0.2, 0.25) is 0 Å². The molecular weight excluding hydrogens is 314 g/mol. The van der Waals surface area contributed by atoms with E-state index in [0.717, 1.165) is 11.3 Å². The molecule has 0 aliphatic carbocycles. The van der Waals surface area contributed by atoms with E-state index in [2.05, 4.69) is 4.72 Å². The summed E-state index contributed by atoms with van der Waals surface area (Å²) in [6, 6.07) is 0. The fourth-order valence-corrected chi connectivity index (χ4v) is 4.79. The average molecular weight is 335 g/mol.